The molecule has 0 unspecified atom stereocenters. The van der Waals surface area contributed by atoms with Crippen molar-refractivity contribution in [3.8, 4) is 11.4 Å². The topological polar surface area (TPSA) is 99.3 Å². The summed E-state index contributed by atoms with van der Waals surface area (Å²) in [5.74, 6) is 1.58. The maximum Gasteiger partial charge on any atom is 0.264 e. The number of benzene rings is 1. The lowest BCUT2D eigenvalue weighted by molar-refractivity contribution is 0.0741. The Hall–Kier alpha value is -3.08. The van der Waals surface area contributed by atoms with Crippen LogP contribution in [0, 0.1) is 0 Å². The molecule has 10 heteroatoms. The van der Waals surface area contributed by atoms with E-state index in [2.05, 4.69) is 20.4 Å². The van der Waals surface area contributed by atoms with E-state index >= 15 is 0 Å². The minimum absolute atomic E-state index is 0.0703. The standard InChI is InChI=1S/C22H23N7O2S/c30-22(29-6-4-23-5-7-29)18-12-15-20(28-8-10-31-11-9-28)25-19(26-21(15)32-18)14-2-1-3-17-16(14)13-24-27-17/h1-3,12-13,23H,4-11H2,(H,24,27). The summed E-state index contributed by atoms with van der Waals surface area (Å²) in [5, 5.41) is 12.4. The zero-order valence-electron chi connectivity index (χ0n) is 17.5. The van der Waals surface area contributed by atoms with E-state index in [1.54, 1.807) is 6.20 Å². The number of thiophene rings is 1. The van der Waals surface area contributed by atoms with Gasteiger partial charge in [0.05, 0.1) is 35.2 Å². The molecule has 2 saturated heterocycles. The van der Waals surface area contributed by atoms with Gasteiger partial charge in [-0.15, -0.1) is 11.3 Å². The smallest absolute Gasteiger partial charge is 0.264 e. The Kier molecular flexibility index (Phi) is 4.97. The molecule has 9 nitrogen and oxygen atoms in total. The van der Waals surface area contributed by atoms with Crippen molar-refractivity contribution in [1.82, 2.24) is 30.4 Å². The summed E-state index contributed by atoms with van der Waals surface area (Å²) in [6.07, 6.45) is 1.81. The largest absolute Gasteiger partial charge is 0.378 e. The number of hydrogen-bond donors (Lipinski definition) is 2. The van der Waals surface area contributed by atoms with Crippen LogP contribution in [0.25, 0.3) is 32.5 Å². The number of carbonyl (C=O) groups is 1. The van der Waals surface area contributed by atoms with Gasteiger partial charge in [-0.1, -0.05) is 12.1 Å². The molecule has 2 fully saturated rings. The van der Waals surface area contributed by atoms with Crippen LogP contribution >= 0.6 is 11.3 Å². The minimum Gasteiger partial charge on any atom is -0.378 e. The maximum atomic E-state index is 13.2. The van der Waals surface area contributed by atoms with E-state index < -0.39 is 0 Å². The second-order valence-corrected chi connectivity index (χ2v) is 9.01. The molecule has 0 spiro atoms. The number of hydrogen-bond acceptors (Lipinski definition) is 8. The number of aromatic amines is 1. The van der Waals surface area contributed by atoms with Crippen molar-refractivity contribution in [2.45, 2.75) is 0 Å². The third-order valence-corrected chi connectivity index (χ3v) is 7.04. The molecule has 6 rings (SSSR count). The van der Waals surface area contributed by atoms with Gasteiger partial charge >= 0.3 is 0 Å². The van der Waals surface area contributed by atoms with Crippen LogP contribution in [0.15, 0.2) is 30.5 Å². The second kappa shape index (κ2) is 8.12. The molecule has 32 heavy (non-hydrogen) atoms. The number of fused-ring (bicyclic) bond motifs is 2. The fraction of sp³-hybridized carbons (Fsp3) is 0.364. The van der Waals surface area contributed by atoms with E-state index in [-0.39, 0.29) is 5.91 Å². The molecule has 2 aliphatic rings. The lowest BCUT2D eigenvalue weighted by Crippen LogP contribution is -2.46. The molecule has 0 saturated carbocycles. The van der Waals surface area contributed by atoms with Gasteiger partial charge in [0.2, 0.25) is 0 Å². The van der Waals surface area contributed by atoms with Gasteiger partial charge in [0.15, 0.2) is 5.82 Å². The molecule has 164 valence electrons. The van der Waals surface area contributed by atoms with Crippen molar-refractivity contribution in [1.29, 1.82) is 0 Å². The van der Waals surface area contributed by atoms with Gasteiger partial charge in [0.1, 0.15) is 10.6 Å². The molecule has 2 aliphatic heterocycles. The Bertz CT molecular complexity index is 1290. The highest BCUT2D eigenvalue weighted by Crippen LogP contribution is 2.35. The Balaban J connectivity index is 1.49. The Morgan fingerprint density at radius 1 is 1.06 bits per heavy atom. The van der Waals surface area contributed by atoms with Crippen LogP contribution in [-0.2, 0) is 4.74 Å². The van der Waals surface area contributed by atoms with Gasteiger partial charge in [-0.3, -0.25) is 9.89 Å². The van der Waals surface area contributed by atoms with Crippen molar-refractivity contribution in [3.05, 3.63) is 35.3 Å². The van der Waals surface area contributed by atoms with E-state index in [0.29, 0.717) is 23.9 Å². The highest BCUT2D eigenvalue weighted by atomic mass is 32.1. The number of anilines is 1. The van der Waals surface area contributed by atoms with Crippen molar-refractivity contribution in [2.75, 3.05) is 57.4 Å². The molecule has 0 atom stereocenters. The van der Waals surface area contributed by atoms with E-state index in [1.807, 2.05) is 29.2 Å². The van der Waals surface area contributed by atoms with E-state index in [9.17, 15) is 4.79 Å². The van der Waals surface area contributed by atoms with Crippen molar-refractivity contribution < 1.29 is 9.53 Å². The molecule has 1 amide bonds. The van der Waals surface area contributed by atoms with Gasteiger partial charge in [-0.2, -0.15) is 5.10 Å². The molecule has 0 bridgehead atoms. The van der Waals surface area contributed by atoms with E-state index in [1.165, 1.54) is 11.3 Å². The number of amides is 1. The summed E-state index contributed by atoms with van der Waals surface area (Å²) < 4.78 is 5.56. The van der Waals surface area contributed by atoms with Gasteiger partial charge in [-0.05, 0) is 12.1 Å². The first-order valence-electron chi connectivity index (χ1n) is 10.8. The summed E-state index contributed by atoms with van der Waals surface area (Å²) in [6, 6.07) is 7.95. The number of piperazine rings is 1. The monoisotopic (exact) mass is 449 g/mol. The summed E-state index contributed by atoms with van der Waals surface area (Å²) in [4.78, 5) is 28.8. The number of nitrogens with one attached hydrogen (secondary N) is 2. The van der Waals surface area contributed by atoms with E-state index in [0.717, 1.165) is 71.8 Å². The number of H-pyrrole nitrogens is 1. The van der Waals surface area contributed by atoms with Gasteiger partial charge in [0, 0.05) is 50.2 Å². The van der Waals surface area contributed by atoms with Crippen LogP contribution in [0.2, 0.25) is 0 Å². The summed E-state index contributed by atoms with van der Waals surface area (Å²) in [6.45, 7) is 5.95. The average Bonchev–Trinajstić information content (AvgIpc) is 3.51. The van der Waals surface area contributed by atoms with Gasteiger partial charge in [-0.25, -0.2) is 9.97 Å². The van der Waals surface area contributed by atoms with Crippen molar-refractivity contribution in [3.63, 3.8) is 0 Å². The SMILES string of the molecule is O=C(c1cc2c(N3CCOCC3)nc(-c3cccc4[nH]ncc34)nc2s1)N1CCNCC1. The number of carbonyl (C=O) groups excluding carboxylic acids is 1. The highest BCUT2D eigenvalue weighted by molar-refractivity contribution is 7.20. The Morgan fingerprint density at radius 3 is 2.75 bits per heavy atom. The quantitative estimate of drug-likeness (QED) is 0.494. The first-order valence-corrected chi connectivity index (χ1v) is 11.7. The molecule has 3 aromatic heterocycles. The Labute approximate surface area is 188 Å². The zero-order chi connectivity index (χ0) is 21.5. The van der Waals surface area contributed by atoms with Gasteiger partial charge < -0.3 is 19.9 Å². The first kappa shape index (κ1) is 19.6. The molecule has 2 N–H and O–H groups in total. The van der Waals surface area contributed by atoms with Crippen LogP contribution in [-0.4, -0.2) is 83.5 Å². The van der Waals surface area contributed by atoms with Crippen molar-refractivity contribution >= 4 is 44.2 Å². The molecule has 0 aliphatic carbocycles. The lowest BCUT2D eigenvalue weighted by Gasteiger charge is -2.28. The third-order valence-electron chi connectivity index (χ3n) is 6.02. The number of morpholine rings is 1. The fourth-order valence-corrected chi connectivity index (χ4v) is 5.33. The molecule has 4 aromatic rings. The highest BCUT2D eigenvalue weighted by Gasteiger charge is 2.25. The number of aromatic nitrogens is 4. The molecule has 0 radical (unpaired) electrons. The minimum atomic E-state index is 0.0703. The number of nitrogens with zero attached hydrogens (tertiary/aromatic N) is 5. The molecular formula is C22H23N7O2S. The van der Waals surface area contributed by atoms with E-state index in [4.69, 9.17) is 14.7 Å². The second-order valence-electron chi connectivity index (χ2n) is 7.98. The maximum absolute atomic E-state index is 13.2. The lowest BCUT2D eigenvalue weighted by atomic mass is 10.1. The fourth-order valence-electron chi connectivity index (χ4n) is 4.34. The summed E-state index contributed by atoms with van der Waals surface area (Å²) >= 11 is 1.45. The van der Waals surface area contributed by atoms with Gasteiger partial charge in [0.25, 0.3) is 5.91 Å². The van der Waals surface area contributed by atoms with Crippen LogP contribution in [0.4, 0.5) is 5.82 Å². The molecule has 1 aromatic carbocycles. The predicted molar refractivity (Wildman–Crippen MR) is 124 cm³/mol. The average molecular weight is 450 g/mol. The number of ether oxygens (including phenoxy) is 1. The molecule has 5 heterocycles. The molecular weight excluding hydrogens is 426 g/mol. The first-order chi connectivity index (χ1) is 15.8. The zero-order valence-corrected chi connectivity index (χ0v) is 18.3. The normalized spacial score (nSPS) is 17.4. The van der Waals surface area contributed by atoms with Crippen LogP contribution in [0.3, 0.4) is 0 Å². The predicted octanol–water partition coefficient (Wildman–Crippen LogP) is 2.12. The van der Waals surface area contributed by atoms with Crippen molar-refractivity contribution in [2.24, 2.45) is 0 Å². The Morgan fingerprint density at radius 2 is 1.91 bits per heavy atom. The van der Waals surface area contributed by atoms with Crippen LogP contribution in [0.1, 0.15) is 9.67 Å². The summed E-state index contributed by atoms with van der Waals surface area (Å²) in [7, 11) is 0. The third kappa shape index (κ3) is 3.40. The summed E-state index contributed by atoms with van der Waals surface area (Å²) in [5.41, 5.74) is 1.87. The van der Waals surface area contributed by atoms with Crippen LogP contribution < -0.4 is 10.2 Å². The van der Waals surface area contributed by atoms with Crippen LogP contribution in [0.5, 0.6) is 0 Å². The number of rotatable bonds is 3.